The summed E-state index contributed by atoms with van der Waals surface area (Å²) < 4.78 is 5.94. The first-order valence-corrected chi connectivity index (χ1v) is 8.97. The molecule has 0 aromatic heterocycles. The topological polar surface area (TPSA) is 32.8 Å². The fourth-order valence-corrected chi connectivity index (χ4v) is 3.58. The second kappa shape index (κ2) is 7.35. The van der Waals surface area contributed by atoms with Crippen molar-refractivity contribution in [2.75, 3.05) is 32.7 Å². The third-order valence-corrected chi connectivity index (χ3v) is 5.11. The van der Waals surface area contributed by atoms with Gasteiger partial charge in [-0.1, -0.05) is 13.0 Å². The Hall–Kier alpha value is -1.55. The van der Waals surface area contributed by atoms with Gasteiger partial charge in [-0.2, -0.15) is 0 Å². The quantitative estimate of drug-likeness (QED) is 0.855. The molecule has 23 heavy (non-hydrogen) atoms. The minimum atomic E-state index is -0.412. The summed E-state index contributed by atoms with van der Waals surface area (Å²) in [6, 6.07) is 6.32. The molecule has 0 radical (unpaired) electrons. The Kier molecular flexibility index (Phi) is 5.21. The van der Waals surface area contributed by atoms with Gasteiger partial charge in [-0.25, -0.2) is 0 Å². The van der Waals surface area contributed by atoms with Crippen molar-refractivity contribution in [2.45, 2.75) is 45.6 Å². The predicted molar refractivity (Wildman–Crippen MR) is 91.9 cm³/mol. The van der Waals surface area contributed by atoms with Crippen molar-refractivity contribution in [3.63, 3.8) is 0 Å². The van der Waals surface area contributed by atoms with Gasteiger partial charge >= 0.3 is 0 Å². The molecule has 0 spiro atoms. The van der Waals surface area contributed by atoms with Gasteiger partial charge in [0.1, 0.15) is 5.75 Å². The molecular formula is C19H28N2O2. The summed E-state index contributed by atoms with van der Waals surface area (Å²) in [5, 5.41) is 0. The second-order valence-electron chi connectivity index (χ2n) is 6.66. The lowest BCUT2D eigenvalue weighted by Crippen LogP contribution is -2.51. The van der Waals surface area contributed by atoms with Gasteiger partial charge in [-0.05, 0) is 62.4 Å². The van der Waals surface area contributed by atoms with E-state index in [1.54, 1.807) is 0 Å². The summed E-state index contributed by atoms with van der Waals surface area (Å²) >= 11 is 0. The molecule has 1 aromatic carbocycles. The van der Waals surface area contributed by atoms with E-state index in [1.165, 1.54) is 30.4 Å². The number of benzene rings is 1. The first-order chi connectivity index (χ1) is 11.2. The van der Waals surface area contributed by atoms with Gasteiger partial charge in [0.15, 0.2) is 6.10 Å². The lowest BCUT2D eigenvalue weighted by molar-refractivity contribution is -0.139. The summed E-state index contributed by atoms with van der Waals surface area (Å²) in [7, 11) is 0. The van der Waals surface area contributed by atoms with Crippen molar-refractivity contribution < 1.29 is 9.53 Å². The van der Waals surface area contributed by atoms with Gasteiger partial charge < -0.3 is 14.5 Å². The Bertz CT molecular complexity index is 550. The second-order valence-corrected chi connectivity index (χ2v) is 6.66. The maximum absolute atomic E-state index is 12.6. The molecule has 1 heterocycles. The van der Waals surface area contributed by atoms with Gasteiger partial charge in [0.2, 0.25) is 0 Å². The summed E-state index contributed by atoms with van der Waals surface area (Å²) in [5.74, 6) is 0.942. The van der Waals surface area contributed by atoms with Crippen molar-refractivity contribution in [2.24, 2.45) is 0 Å². The highest BCUT2D eigenvalue weighted by atomic mass is 16.5. The molecule has 2 aliphatic rings. The van der Waals surface area contributed by atoms with Crippen LogP contribution in [0.2, 0.25) is 0 Å². The third-order valence-electron chi connectivity index (χ3n) is 5.11. The standard InChI is InChI=1S/C19H28N2O2/c1-3-20-10-12-21(13-11-20)19(22)15(2)23-18-9-8-16-6-4-5-7-17(16)14-18/h8-9,14-15H,3-7,10-13H2,1-2H3/t15-/m0/s1. The van der Waals surface area contributed by atoms with Crippen molar-refractivity contribution in [3.05, 3.63) is 29.3 Å². The fourth-order valence-electron chi connectivity index (χ4n) is 3.58. The van der Waals surface area contributed by atoms with Gasteiger partial charge in [-0.15, -0.1) is 0 Å². The maximum atomic E-state index is 12.6. The van der Waals surface area contributed by atoms with E-state index in [0.29, 0.717) is 0 Å². The molecule has 0 N–H and O–H groups in total. The highest BCUT2D eigenvalue weighted by molar-refractivity contribution is 5.81. The molecule has 0 unspecified atom stereocenters. The van der Waals surface area contributed by atoms with Crippen LogP contribution in [0.15, 0.2) is 18.2 Å². The van der Waals surface area contributed by atoms with Gasteiger partial charge in [0, 0.05) is 26.2 Å². The minimum absolute atomic E-state index is 0.110. The zero-order valence-corrected chi connectivity index (χ0v) is 14.4. The molecule has 4 heteroatoms. The predicted octanol–water partition coefficient (Wildman–Crippen LogP) is 2.50. The number of rotatable bonds is 4. The number of carbonyl (C=O) groups excluding carboxylic acids is 1. The lowest BCUT2D eigenvalue weighted by atomic mass is 9.92. The van der Waals surface area contributed by atoms with Crippen molar-refractivity contribution in [1.82, 2.24) is 9.80 Å². The molecule has 0 bridgehead atoms. The van der Waals surface area contributed by atoms with E-state index >= 15 is 0 Å². The number of hydrogen-bond donors (Lipinski definition) is 0. The first kappa shape index (κ1) is 16.3. The molecule has 1 saturated heterocycles. The van der Waals surface area contributed by atoms with E-state index in [9.17, 15) is 4.79 Å². The van der Waals surface area contributed by atoms with Crippen LogP contribution in [0.3, 0.4) is 0 Å². The Morgan fingerprint density at radius 2 is 1.83 bits per heavy atom. The highest BCUT2D eigenvalue weighted by Gasteiger charge is 2.25. The zero-order chi connectivity index (χ0) is 16.2. The van der Waals surface area contributed by atoms with Crippen LogP contribution in [-0.2, 0) is 17.6 Å². The number of fused-ring (bicyclic) bond motifs is 1. The van der Waals surface area contributed by atoms with Gasteiger partial charge in [0.05, 0.1) is 0 Å². The van der Waals surface area contributed by atoms with Crippen LogP contribution in [0.25, 0.3) is 0 Å². The number of likely N-dealkylation sites (N-methyl/N-ethyl adjacent to an activating group) is 1. The molecule has 1 aromatic rings. The fraction of sp³-hybridized carbons (Fsp3) is 0.632. The number of aryl methyl sites for hydroxylation is 2. The largest absolute Gasteiger partial charge is 0.481 e. The third kappa shape index (κ3) is 3.86. The van der Waals surface area contributed by atoms with E-state index in [1.807, 2.05) is 17.9 Å². The number of hydrogen-bond acceptors (Lipinski definition) is 3. The number of amides is 1. The lowest BCUT2D eigenvalue weighted by Gasteiger charge is -2.35. The van der Waals surface area contributed by atoms with E-state index in [2.05, 4.69) is 24.0 Å². The van der Waals surface area contributed by atoms with Crippen LogP contribution in [0.1, 0.15) is 37.8 Å². The van der Waals surface area contributed by atoms with Crippen LogP contribution in [0.4, 0.5) is 0 Å². The summed E-state index contributed by atoms with van der Waals surface area (Å²) in [6.45, 7) is 8.65. The Morgan fingerprint density at radius 3 is 2.52 bits per heavy atom. The van der Waals surface area contributed by atoms with Crippen molar-refractivity contribution in [1.29, 1.82) is 0 Å². The molecule has 4 nitrogen and oxygen atoms in total. The molecule has 126 valence electrons. The molecular weight excluding hydrogens is 288 g/mol. The van der Waals surface area contributed by atoms with Gasteiger partial charge in [0.25, 0.3) is 5.91 Å². The van der Waals surface area contributed by atoms with Crippen molar-refractivity contribution >= 4 is 5.91 Å². The monoisotopic (exact) mass is 316 g/mol. The maximum Gasteiger partial charge on any atom is 0.263 e. The van der Waals surface area contributed by atoms with E-state index in [0.717, 1.165) is 44.9 Å². The number of carbonyl (C=O) groups is 1. The summed E-state index contributed by atoms with van der Waals surface area (Å²) in [6.07, 6.45) is 4.43. The summed E-state index contributed by atoms with van der Waals surface area (Å²) in [5.41, 5.74) is 2.84. The summed E-state index contributed by atoms with van der Waals surface area (Å²) in [4.78, 5) is 16.9. The smallest absolute Gasteiger partial charge is 0.263 e. The number of ether oxygens (including phenoxy) is 1. The minimum Gasteiger partial charge on any atom is -0.481 e. The van der Waals surface area contributed by atoms with Gasteiger partial charge in [-0.3, -0.25) is 4.79 Å². The number of nitrogens with zero attached hydrogens (tertiary/aromatic N) is 2. The molecule has 1 fully saturated rings. The molecule has 0 saturated carbocycles. The Balaban J connectivity index is 1.58. The normalized spacial score (nSPS) is 20.0. The Labute approximate surface area is 139 Å². The average molecular weight is 316 g/mol. The molecule has 3 rings (SSSR count). The zero-order valence-electron chi connectivity index (χ0n) is 14.4. The van der Waals surface area contributed by atoms with Crippen LogP contribution in [-0.4, -0.2) is 54.5 Å². The van der Waals surface area contributed by atoms with Crippen LogP contribution >= 0.6 is 0 Å². The first-order valence-electron chi connectivity index (χ1n) is 8.97. The average Bonchev–Trinajstić information content (AvgIpc) is 2.61. The molecule has 1 aliphatic heterocycles. The van der Waals surface area contributed by atoms with Crippen LogP contribution in [0.5, 0.6) is 5.75 Å². The van der Waals surface area contributed by atoms with E-state index in [4.69, 9.17) is 4.74 Å². The van der Waals surface area contributed by atoms with Crippen molar-refractivity contribution in [3.8, 4) is 5.75 Å². The number of piperazine rings is 1. The molecule has 1 atom stereocenters. The SMILES string of the molecule is CCN1CCN(C(=O)[C@H](C)Oc2ccc3c(c2)CCCC3)CC1. The van der Waals surface area contributed by atoms with E-state index in [-0.39, 0.29) is 5.91 Å². The Morgan fingerprint density at radius 1 is 1.13 bits per heavy atom. The van der Waals surface area contributed by atoms with Crippen LogP contribution < -0.4 is 4.74 Å². The van der Waals surface area contributed by atoms with Crippen LogP contribution in [0, 0.1) is 0 Å². The highest BCUT2D eigenvalue weighted by Crippen LogP contribution is 2.26. The molecule has 1 aliphatic carbocycles. The molecule has 1 amide bonds. The van der Waals surface area contributed by atoms with E-state index < -0.39 is 6.10 Å².